The van der Waals surface area contributed by atoms with Gasteiger partial charge in [0.15, 0.2) is 6.10 Å². The van der Waals surface area contributed by atoms with Gasteiger partial charge in [-0.05, 0) is 31.9 Å². The highest BCUT2D eigenvalue weighted by Gasteiger charge is 2.46. The highest BCUT2D eigenvalue weighted by atomic mass is 79.9. The third kappa shape index (κ3) is 6.63. The van der Waals surface area contributed by atoms with E-state index in [0.717, 1.165) is 4.90 Å². The number of ether oxygens (including phenoxy) is 1. The lowest BCUT2D eigenvalue weighted by Crippen LogP contribution is -2.54. The van der Waals surface area contributed by atoms with E-state index in [2.05, 4.69) is 31.5 Å². The van der Waals surface area contributed by atoms with E-state index in [9.17, 15) is 32.9 Å². The van der Waals surface area contributed by atoms with E-state index in [-0.39, 0.29) is 34.7 Å². The van der Waals surface area contributed by atoms with Gasteiger partial charge in [0, 0.05) is 55.7 Å². The van der Waals surface area contributed by atoms with Crippen LogP contribution in [0.25, 0.3) is 0 Å². The third-order valence-electron chi connectivity index (χ3n) is 6.75. The van der Waals surface area contributed by atoms with Gasteiger partial charge >= 0.3 is 6.18 Å². The molecule has 2 N–H and O–H groups in total. The van der Waals surface area contributed by atoms with E-state index in [1.807, 2.05) is 0 Å². The number of hydrogen-bond donors (Lipinski definition) is 2. The fraction of sp³-hybridized carbons (Fsp3) is 0.480. The number of hydrogen-bond acceptors (Lipinski definition) is 8. The van der Waals surface area contributed by atoms with Crippen LogP contribution >= 0.6 is 15.9 Å². The molecule has 3 heterocycles. The van der Waals surface area contributed by atoms with Crippen molar-refractivity contribution in [2.75, 3.05) is 43.9 Å². The van der Waals surface area contributed by atoms with Gasteiger partial charge in [-0.1, -0.05) is 15.9 Å². The number of carbonyl (C=O) groups excluding carboxylic acids is 2. The Hall–Kier alpha value is -3.46. The molecule has 0 radical (unpaired) electrons. The minimum absolute atomic E-state index is 0.112. The van der Waals surface area contributed by atoms with Crippen LogP contribution in [0.4, 0.5) is 30.2 Å². The van der Waals surface area contributed by atoms with Crippen LogP contribution in [-0.4, -0.2) is 89.2 Å². The zero-order valence-corrected chi connectivity index (χ0v) is 23.3. The molecule has 0 spiro atoms. The van der Waals surface area contributed by atoms with Gasteiger partial charge < -0.3 is 25.2 Å². The molecule has 1 aromatic carbocycles. The molecule has 2 aromatic rings. The van der Waals surface area contributed by atoms with E-state index in [0.29, 0.717) is 30.6 Å². The predicted octanol–water partition coefficient (Wildman–Crippen LogP) is 4.30. The van der Waals surface area contributed by atoms with E-state index >= 15 is 0 Å². The summed E-state index contributed by atoms with van der Waals surface area (Å²) in [6.07, 6.45) is -3.58. The summed E-state index contributed by atoms with van der Waals surface area (Å²) in [5.41, 5.74) is 0.361. The van der Waals surface area contributed by atoms with Crippen LogP contribution in [0.1, 0.15) is 40.5 Å². The second-order valence-corrected chi connectivity index (χ2v) is 10.7. The first kappa shape index (κ1) is 29.5. The van der Waals surface area contributed by atoms with Crippen molar-refractivity contribution in [2.24, 2.45) is 0 Å². The molecule has 40 heavy (non-hydrogen) atoms. The largest absolute Gasteiger partial charge is 0.416 e. The second-order valence-electron chi connectivity index (χ2n) is 9.74. The lowest BCUT2D eigenvalue weighted by atomic mass is 10.0. The zero-order valence-electron chi connectivity index (χ0n) is 21.7. The fourth-order valence-electron chi connectivity index (χ4n) is 4.88. The first-order valence-corrected chi connectivity index (χ1v) is 13.3. The number of benzene rings is 1. The summed E-state index contributed by atoms with van der Waals surface area (Å²) in [4.78, 5) is 44.7. The van der Waals surface area contributed by atoms with Gasteiger partial charge in [0.1, 0.15) is 5.69 Å². The number of halogens is 4. The molecule has 216 valence electrons. The zero-order chi connectivity index (χ0) is 29.2. The number of likely N-dealkylation sites (tertiary alicyclic amines) is 1. The highest BCUT2D eigenvalue weighted by molar-refractivity contribution is 9.10. The number of alkyl halides is 3. The quantitative estimate of drug-likeness (QED) is 0.358. The van der Waals surface area contributed by atoms with Crippen molar-refractivity contribution in [3.05, 3.63) is 56.3 Å². The molecule has 2 amide bonds. The minimum atomic E-state index is -4.68. The molecule has 0 aliphatic carbocycles. The number of morpholine rings is 1. The first-order chi connectivity index (χ1) is 18.9. The van der Waals surface area contributed by atoms with Gasteiger partial charge in [-0.2, -0.15) is 13.2 Å². The van der Waals surface area contributed by atoms with Crippen molar-refractivity contribution in [2.45, 2.75) is 44.2 Å². The third-order valence-corrected chi connectivity index (χ3v) is 7.21. The average Bonchev–Trinajstić information content (AvgIpc) is 2.92. The van der Waals surface area contributed by atoms with Gasteiger partial charge in [-0.25, -0.2) is 0 Å². The number of nitrogens with one attached hydrogen (secondary N) is 2. The van der Waals surface area contributed by atoms with Crippen LogP contribution in [0, 0.1) is 10.1 Å². The van der Waals surface area contributed by atoms with Crippen molar-refractivity contribution in [1.82, 2.24) is 14.8 Å². The van der Waals surface area contributed by atoms with E-state index in [1.165, 1.54) is 25.3 Å². The monoisotopic (exact) mass is 628 g/mol. The van der Waals surface area contributed by atoms with Gasteiger partial charge in [0.2, 0.25) is 0 Å². The van der Waals surface area contributed by atoms with Crippen LogP contribution in [0.15, 0.2) is 35.1 Å². The lowest BCUT2D eigenvalue weighted by molar-refractivity contribution is -0.384. The summed E-state index contributed by atoms with van der Waals surface area (Å²) in [5.74, 6) is -1.06. The SMILES string of the molecule is CNc1cncc(C(=O)N2CCC[C@@H](Nc3c(C(=O)N4C[C@@H](C)O[C@H](C(F)(F)F)C4)cc(Br)cc3[N+](=O)[O-])C2)c1. The Kier molecular flexibility index (Phi) is 8.83. The number of anilines is 2. The summed E-state index contributed by atoms with van der Waals surface area (Å²) >= 11 is 3.18. The van der Waals surface area contributed by atoms with Crippen molar-refractivity contribution >= 4 is 44.8 Å². The number of amides is 2. The summed E-state index contributed by atoms with van der Waals surface area (Å²) in [6, 6.07) is 3.78. The number of aromatic nitrogens is 1. The number of rotatable bonds is 6. The number of nitro groups is 1. The van der Waals surface area contributed by atoms with Gasteiger partial charge in [0.05, 0.1) is 34.4 Å². The Labute approximate surface area is 236 Å². The molecule has 2 saturated heterocycles. The minimum Gasteiger partial charge on any atom is -0.387 e. The number of carbonyl (C=O) groups is 2. The van der Waals surface area contributed by atoms with E-state index in [1.54, 1.807) is 24.2 Å². The van der Waals surface area contributed by atoms with Crippen LogP contribution in [0.5, 0.6) is 0 Å². The maximum absolute atomic E-state index is 13.6. The fourth-order valence-corrected chi connectivity index (χ4v) is 5.33. The molecule has 3 atom stereocenters. The van der Waals surface area contributed by atoms with Crippen LogP contribution in [0.2, 0.25) is 0 Å². The number of piperidine rings is 1. The van der Waals surface area contributed by atoms with Crippen LogP contribution in [0.3, 0.4) is 0 Å². The maximum atomic E-state index is 13.6. The molecule has 2 aliphatic rings. The maximum Gasteiger partial charge on any atom is 0.416 e. The van der Waals surface area contributed by atoms with Crippen molar-refractivity contribution in [1.29, 1.82) is 0 Å². The smallest absolute Gasteiger partial charge is 0.387 e. The Morgan fingerprint density at radius 1 is 1.15 bits per heavy atom. The molecular formula is C25H28BrF3N6O5. The van der Waals surface area contributed by atoms with Crippen molar-refractivity contribution < 1.29 is 32.4 Å². The summed E-state index contributed by atoms with van der Waals surface area (Å²) in [6.45, 7) is 1.22. The Morgan fingerprint density at radius 3 is 2.58 bits per heavy atom. The molecule has 0 saturated carbocycles. The number of nitro benzene ring substituents is 1. The molecule has 1 aromatic heterocycles. The summed E-state index contributed by atoms with van der Waals surface area (Å²) < 4.78 is 45.5. The number of nitrogens with zero attached hydrogens (tertiary/aromatic N) is 4. The van der Waals surface area contributed by atoms with Gasteiger partial charge in [-0.15, -0.1) is 0 Å². The average molecular weight is 629 g/mol. The van der Waals surface area contributed by atoms with E-state index in [4.69, 9.17) is 4.74 Å². The molecular weight excluding hydrogens is 601 g/mol. The Bertz CT molecular complexity index is 1300. The predicted molar refractivity (Wildman–Crippen MR) is 143 cm³/mol. The number of pyridine rings is 1. The standard InChI is InChI=1S/C25H28BrF3N6O5/c1-14-11-34(13-21(40-14)25(27,28)29)24(37)19-7-16(26)8-20(35(38)39)22(19)32-17-4-3-5-33(12-17)23(36)15-6-18(30-2)10-31-9-15/h6-10,14,17,21,30,32H,3-5,11-13H2,1-2H3/t14-,17-,21+/m1/s1. The molecule has 15 heteroatoms. The van der Waals surface area contributed by atoms with Crippen LogP contribution < -0.4 is 10.6 Å². The lowest BCUT2D eigenvalue weighted by Gasteiger charge is -2.38. The topological polar surface area (TPSA) is 130 Å². The van der Waals surface area contributed by atoms with Gasteiger partial charge in [-0.3, -0.25) is 24.7 Å². The van der Waals surface area contributed by atoms with E-state index < -0.39 is 47.5 Å². The molecule has 4 rings (SSSR count). The van der Waals surface area contributed by atoms with Crippen LogP contribution in [-0.2, 0) is 4.74 Å². The molecule has 2 aliphatic heterocycles. The molecule has 2 fully saturated rings. The molecule has 0 bridgehead atoms. The highest BCUT2D eigenvalue weighted by Crippen LogP contribution is 2.36. The summed E-state index contributed by atoms with van der Waals surface area (Å²) in [7, 11) is 1.71. The van der Waals surface area contributed by atoms with Crippen molar-refractivity contribution in [3.8, 4) is 0 Å². The normalized spacial score (nSPS) is 21.6. The molecule has 11 nitrogen and oxygen atoms in total. The first-order valence-electron chi connectivity index (χ1n) is 12.5. The van der Waals surface area contributed by atoms with Gasteiger partial charge in [0.25, 0.3) is 17.5 Å². The Balaban J connectivity index is 1.61. The summed E-state index contributed by atoms with van der Waals surface area (Å²) in [5, 5.41) is 18.0. The van der Waals surface area contributed by atoms with Crippen molar-refractivity contribution in [3.63, 3.8) is 0 Å². The second kappa shape index (κ2) is 12.0. The molecule has 0 unspecified atom stereocenters. The Morgan fingerprint density at radius 2 is 1.90 bits per heavy atom.